The van der Waals surface area contributed by atoms with Crippen LogP contribution in [-0.2, 0) is 0 Å². The predicted octanol–water partition coefficient (Wildman–Crippen LogP) is 2.62. The summed E-state index contributed by atoms with van der Waals surface area (Å²) >= 11 is 0. The molecule has 0 aliphatic rings. The minimum Gasteiger partial charge on any atom is -0.505 e. The zero-order valence-electron chi connectivity index (χ0n) is 9.96. The summed E-state index contributed by atoms with van der Waals surface area (Å²) in [5.41, 5.74) is 3.73. The first kappa shape index (κ1) is 10.8. The van der Waals surface area contributed by atoms with Gasteiger partial charge in [0.25, 0.3) is 0 Å². The highest BCUT2D eigenvalue weighted by Gasteiger charge is 2.11. The van der Waals surface area contributed by atoms with Crippen LogP contribution in [0, 0.1) is 13.8 Å². The smallest absolute Gasteiger partial charge is 0.146 e. The summed E-state index contributed by atoms with van der Waals surface area (Å²) in [5.74, 6) is 0.112. The molecule has 3 rings (SSSR count). The van der Waals surface area contributed by atoms with Crippen LogP contribution in [0.15, 0.2) is 36.4 Å². The summed E-state index contributed by atoms with van der Waals surface area (Å²) in [4.78, 5) is 1.45. The van der Waals surface area contributed by atoms with Crippen molar-refractivity contribution in [1.82, 2.24) is 15.0 Å². The molecular weight excluding hydrogens is 226 g/mol. The molecule has 89 valence electrons. The zero-order chi connectivity index (χ0) is 12.7. The van der Waals surface area contributed by atoms with E-state index in [0.717, 1.165) is 16.6 Å². The van der Waals surface area contributed by atoms with Gasteiger partial charge in [0.05, 0.1) is 0 Å². The van der Waals surface area contributed by atoms with Crippen LogP contribution in [-0.4, -0.2) is 20.1 Å². The lowest BCUT2D eigenvalue weighted by atomic mass is 10.1. The van der Waals surface area contributed by atoms with Crippen molar-refractivity contribution < 1.29 is 5.11 Å². The number of aromatic hydroxyl groups is 1. The maximum absolute atomic E-state index is 10.0. The Balaban J connectivity index is 2.26. The molecule has 1 radical (unpaired) electrons. The molecule has 1 N–H and O–H groups in total. The molecule has 18 heavy (non-hydrogen) atoms. The van der Waals surface area contributed by atoms with Gasteiger partial charge in [-0.15, -0.1) is 15.0 Å². The van der Waals surface area contributed by atoms with E-state index >= 15 is 0 Å². The normalized spacial score (nSPS) is 11.0. The van der Waals surface area contributed by atoms with Crippen molar-refractivity contribution in [3.05, 3.63) is 54.4 Å². The molecule has 0 aliphatic heterocycles. The molecule has 4 nitrogen and oxygen atoms in total. The Hall–Kier alpha value is -2.36. The van der Waals surface area contributed by atoms with Gasteiger partial charge in [-0.1, -0.05) is 18.2 Å². The number of phenolic OH excluding ortho intramolecular Hbond substituents is 1. The second kappa shape index (κ2) is 3.84. The van der Waals surface area contributed by atoms with Gasteiger partial charge in [0, 0.05) is 0 Å². The Morgan fingerprint density at radius 3 is 2.33 bits per heavy atom. The molecule has 4 heteroatoms. The van der Waals surface area contributed by atoms with E-state index in [-0.39, 0.29) is 5.75 Å². The van der Waals surface area contributed by atoms with Gasteiger partial charge < -0.3 is 5.11 Å². The molecule has 0 unspecified atom stereocenters. The number of aryl methyl sites for hydroxylation is 1. The third kappa shape index (κ3) is 1.62. The standard InChI is InChI=1S/C14H12N3O/c1-9-7-10(2)14(18)13(8-9)17-15-11-5-3-4-6-12(11)16-17/h3-8,18H,2H2,1H3. The van der Waals surface area contributed by atoms with E-state index in [9.17, 15) is 5.11 Å². The van der Waals surface area contributed by atoms with E-state index in [4.69, 9.17) is 0 Å². The van der Waals surface area contributed by atoms with Gasteiger partial charge in [-0.25, -0.2) is 0 Å². The summed E-state index contributed by atoms with van der Waals surface area (Å²) in [5, 5.41) is 18.7. The van der Waals surface area contributed by atoms with Gasteiger partial charge in [-0.2, -0.15) is 0 Å². The van der Waals surface area contributed by atoms with Gasteiger partial charge in [-0.05, 0) is 43.2 Å². The van der Waals surface area contributed by atoms with Crippen LogP contribution in [0.5, 0.6) is 5.75 Å². The summed E-state index contributed by atoms with van der Waals surface area (Å²) < 4.78 is 0. The molecule has 0 spiro atoms. The fraction of sp³-hybridized carbons (Fsp3) is 0.0714. The number of nitrogens with zero attached hydrogens (tertiary/aromatic N) is 3. The third-order valence-electron chi connectivity index (χ3n) is 2.82. The van der Waals surface area contributed by atoms with Crippen molar-refractivity contribution in [1.29, 1.82) is 0 Å². The lowest BCUT2D eigenvalue weighted by Crippen LogP contribution is -2.00. The molecular formula is C14H12N3O. The first-order valence-corrected chi connectivity index (χ1v) is 5.63. The maximum atomic E-state index is 10.0. The first-order valence-electron chi connectivity index (χ1n) is 5.63. The Morgan fingerprint density at radius 2 is 1.72 bits per heavy atom. The van der Waals surface area contributed by atoms with Crippen LogP contribution in [0.25, 0.3) is 16.7 Å². The molecule has 0 bridgehead atoms. The fourth-order valence-electron chi connectivity index (χ4n) is 1.95. The maximum Gasteiger partial charge on any atom is 0.146 e. The second-order valence-corrected chi connectivity index (χ2v) is 4.27. The Bertz CT molecular complexity index is 698. The van der Waals surface area contributed by atoms with Crippen molar-refractivity contribution in [2.45, 2.75) is 6.92 Å². The van der Waals surface area contributed by atoms with Crippen molar-refractivity contribution >= 4 is 11.0 Å². The van der Waals surface area contributed by atoms with Gasteiger partial charge in [0.1, 0.15) is 22.5 Å². The highest BCUT2D eigenvalue weighted by molar-refractivity contribution is 5.73. The highest BCUT2D eigenvalue weighted by Crippen LogP contribution is 2.26. The highest BCUT2D eigenvalue weighted by atomic mass is 16.3. The van der Waals surface area contributed by atoms with Crippen LogP contribution >= 0.6 is 0 Å². The average Bonchev–Trinajstić information content (AvgIpc) is 2.77. The molecule has 0 aliphatic carbocycles. The van der Waals surface area contributed by atoms with Crippen LogP contribution < -0.4 is 0 Å². The molecule has 0 amide bonds. The SMILES string of the molecule is [CH2]c1cc(C)cc(-n2nc3ccccc3n2)c1O. The number of rotatable bonds is 1. The molecule has 0 saturated carbocycles. The summed E-state index contributed by atoms with van der Waals surface area (Å²) in [6, 6.07) is 11.2. The molecule has 1 heterocycles. The lowest BCUT2D eigenvalue weighted by Gasteiger charge is -2.07. The Labute approximate surface area is 104 Å². The van der Waals surface area contributed by atoms with Crippen LogP contribution in [0.2, 0.25) is 0 Å². The van der Waals surface area contributed by atoms with Gasteiger partial charge in [0.2, 0.25) is 0 Å². The number of fused-ring (bicyclic) bond motifs is 1. The largest absolute Gasteiger partial charge is 0.505 e. The zero-order valence-corrected chi connectivity index (χ0v) is 9.96. The van der Waals surface area contributed by atoms with E-state index in [0.29, 0.717) is 11.3 Å². The molecule has 0 fully saturated rings. The quantitative estimate of drug-likeness (QED) is 0.709. The monoisotopic (exact) mass is 238 g/mol. The molecule has 2 aromatic carbocycles. The molecule has 0 atom stereocenters. The lowest BCUT2D eigenvalue weighted by molar-refractivity contribution is 0.465. The van der Waals surface area contributed by atoms with Crippen LogP contribution in [0.4, 0.5) is 0 Å². The van der Waals surface area contributed by atoms with Gasteiger partial charge >= 0.3 is 0 Å². The fourth-order valence-corrected chi connectivity index (χ4v) is 1.95. The Morgan fingerprint density at radius 1 is 1.11 bits per heavy atom. The Kier molecular flexibility index (Phi) is 2.30. The van der Waals surface area contributed by atoms with Crippen LogP contribution in [0.1, 0.15) is 11.1 Å². The number of hydrogen-bond acceptors (Lipinski definition) is 3. The van der Waals surface area contributed by atoms with Crippen molar-refractivity contribution in [2.24, 2.45) is 0 Å². The number of hydrogen-bond donors (Lipinski definition) is 1. The minimum absolute atomic E-state index is 0.112. The van der Waals surface area contributed by atoms with E-state index in [1.54, 1.807) is 0 Å². The van der Waals surface area contributed by atoms with Crippen LogP contribution in [0.3, 0.4) is 0 Å². The van der Waals surface area contributed by atoms with Gasteiger partial charge in [0.15, 0.2) is 0 Å². The summed E-state index contributed by atoms with van der Waals surface area (Å²) in [6.07, 6.45) is 0. The van der Waals surface area contributed by atoms with E-state index in [2.05, 4.69) is 17.1 Å². The average molecular weight is 238 g/mol. The topological polar surface area (TPSA) is 50.9 Å². The predicted molar refractivity (Wildman–Crippen MR) is 69.7 cm³/mol. The van der Waals surface area contributed by atoms with Crippen molar-refractivity contribution in [3.63, 3.8) is 0 Å². The summed E-state index contributed by atoms with van der Waals surface area (Å²) in [7, 11) is 0. The van der Waals surface area contributed by atoms with Gasteiger partial charge in [-0.3, -0.25) is 0 Å². The summed E-state index contributed by atoms with van der Waals surface area (Å²) in [6.45, 7) is 5.75. The first-order chi connectivity index (χ1) is 8.65. The number of benzene rings is 2. The van der Waals surface area contributed by atoms with E-state index in [1.165, 1.54) is 4.80 Å². The van der Waals surface area contributed by atoms with E-state index < -0.39 is 0 Å². The second-order valence-electron chi connectivity index (χ2n) is 4.27. The molecule has 3 aromatic rings. The third-order valence-corrected chi connectivity index (χ3v) is 2.82. The number of phenols is 1. The minimum atomic E-state index is 0.112. The molecule has 1 aromatic heterocycles. The van der Waals surface area contributed by atoms with Crippen molar-refractivity contribution in [2.75, 3.05) is 0 Å². The number of aromatic nitrogens is 3. The van der Waals surface area contributed by atoms with Crippen molar-refractivity contribution in [3.8, 4) is 11.4 Å². The molecule has 0 saturated heterocycles. The van der Waals surface area contributed by atoms with E-state index in [1.807, 2.05) is 43.3 Å².